The molecule has 0 radical (unpaired) electrons. The summed E-state index contributed by atoms with van der Waals surface area (Å²) in [6.45, 7) is 0. The maximum atomic E-state index is 13.2. The van der Waals surface area contributed by atoms with E-state index in [1.54, 1.807) is 6.07 Å². The molecule has 0 atom stereocenters. The number of benzene rings is 2. The fourth-order valence-corrected chi connectivity index (χ4v) is 3.71. The third kappa shape index (κ3) is 4.61. The molecular formula is C16H11FN4O3S2. The second-order valence-corrected chi connectivity index (χ2v) is 7.25. The molecule has 7 nitrogen and oxygen atoms in total. The molecule has 1 amide bonds. The smallest absolute Gasteiger partial charge is 0.270 e. The van der Waals surface area contributed by atoms with Crippen LogP contribution in [-0.2, 0) is 5.75 Å². The van der Waals surface area contributed by atoms with Gasteiger partial charge < -0.3 is 0 Å². The number of nitro groups is 1. The first kappa shape index (κ1) is 18.0. The lowest BCUT2D eigenvalue weighted by Gasteiger charge is -2.00. The van der Waals surface area contributed by atoms with Crippen LogP contribution in [0.15, 0.2) is 52.9 Å². The van der Waals surface area contributed by atoms with Gasteiger partial charge in [0.1, 0.15) is 5.82 Å². The van der Waals surface area contributed by atoms with E-state index in [4.69, 9.17) is 0 Å². The number of halogens is 1. The van der Waals surface area contributed by atoms with Crippen molar-refractivity contribution in [3.8, 4) is 0 Å². The van der Waals surface area contributed by atoms with E-state index in [-0.39, 0.29) is 22.2 Å². The van der Waals surface area contributed by atoms with Crippen molar-refractivity contribution in [3.63, 3.8) is 0 Å². The Morgan fingerprint density at radius 1 is 1.23 bits per heavy atom. The number of anilines is 1. The zero-order chi connectivity index (χ0) is 18.5. The van der Waals surface area contributed by atoms with Gasteiger partial charge in [-0.3, -0.25) is 20.2 Å². The molecule has 0 aliphatic rings. The molecule has 3 rings (SSSR count). The number of nitrogens with zero attached hydrogens (tertiary/aromatic N) is 3. The molecular weight excluding hydrogens is 379 g/mol. The summed E-state index contributed by atoms with van der Waals surface area (Å²) in [5, 5.41) is 21.5. The molecule has 10 heteroatoms. The van der Waals surface area contributed by atoms with E-state index < -0.39 is 10.8 Å². The number of aromatic nitrogens is 2. The highest BCUT2D eigenvalue weighted by Crippen LogP contribution is 2.28. The zero-order valence-electron chi connectivity index (χ0n) is 13.1. The molecule has 132 valence electrons. The Labute approximate surface area is 155 Å². The van der Waals surface area contributed by atoms with Gasteiger partial charge in [-0.25, -0.2) is 4.39 Å². The minimum atomic E-state index is -0.567. The Hall–Kier alpha value is -2.85. The molecule has 1 N–H and O–H groups in total. The molecule has 0 unspecified atom stereocenters. The predicted octanol–water partition coefficient (Wildman–Crippen LogP) is 4.13. The Morgan fingerprint density at radius 2 is 2.04 bits per heavy atom. The monoisotopic (exact) mass is 390 g/mol. The summed E-state index contributed by atoms with van der Waals surface area (Å²) in [6, 6.07) is 11.7. The van der Waals surface area contributed by atoms with Crippen LogP contribution in [-0.4, -0.2) is 21.0 Å². The van der Waals surface area contributed by atoms with Crippen LogP contribution < -0.4 is 5.32 Å². The number of carbonyl (C=O) groups is 1. The lowest BCUT2D eigenvalue weighted by molar-refractivity contribution is -0.384. The maximum absolute atomic E-state index is 13.2. The van der Waals surface area contributed by atoms with Crippen LogP contribution in [0.25, 0.3) is 0 Å². The number of hydrogen-bond acceptors (Lipinski definition) is 7. The average molecular weight is 390 g/mol. The Bertz CT molecular complexity index is 964. The van der Waals surface area contributed by atoms with E-state index in [1.807, 2.05) is 6.07 Å². The van der Waals surface area contributed by atoms with E-state index in [1.165, 1.54) is 59.5 Å². The van der Waals surface area contributed by atoms with Gasteiger partial charge in [0.25, 0.3) is 11.6 Å². The van der Waals surface area contributed by atoms with Gasteiger partial charge in [-0.1, -0.05) is 41.3 Å². The van der Waals surface area contributed by atoms with Crippen molar-refractivity contribution in [2.24, 2.45) is 0 Å². The van der Waals surface area contributed by atoms with Crippen molar-refractivity contribution in [1.29, 1.82) is 0 Å². The van der Waals surface area contributed by atoms with Crippen LogP contribution in [0.1, 0.15) is 15.9 Å². The largest absolute Gasteiger partial charge is 0.296 e. The van der Waals surface area contributed by atoms with Crippen molar-refractivity contribution >= 4 is 39.8 Å². The topological polar surface area (TPSA) is 98.0 Å². The van der Waals surface area contributed by atoms with E-state index in [0.717, 1.165) is 5.56 Å². The molecule has 0 bridgehead atoms. The summed E-state index contributed by atoms with van der Waals surface area (Å²) in [4.78, 5) is 22.4. The number of carbonyl (C=O) groups excluding carboxylic acids is 1. The van der Waals surface area contributed by atoms with Gasteiger partial charge in [-0.05, 0) is 23.8 Å². The number of amides is 1. The quantitative estimate of drug-likeness (QED) is 0.294. The van der Waals surface area contributed by atoms with Crippen LogP contribution in [0.5, 0.6) is 0 Å². The molecule has 1 heterocycles. The summed E-state index contributed by atoms with van der Waals surface area (Å²) < 4.78 is 13.8. The highest BCUT2D eigenvalue weighted by atomic mass is 32.2. The second-order valence-electron chi connectivity index (χ2n) is 5.05. The fraction of sp³-hybridized carbons (Fsp3) is 0.0625. The van der Waals surface area contributed by atoms with E-state index in [9.17, 15) is 19.3 Å². The normalized spacial score (nSPS) is 10.5. The highest BCUT2D eigenvalue weighted by molar-refractivity contribution is 8.00. The number of hydrogen-bond donors (Lipinski definition) is 1. The van der Waals surface area contributed by atoms with Gasteiger partial charge in [0.2, 0.25) is 5.13 Å². The third-order valence-electron chi connectivity index (χ3n) is 3.20. The van der Waals surface area contributed by atoms with Crippen LogP contribution in [0, 0.1) is 15.9 Å². The molecule has 3 aromatic rings. The molecule has 0 saturated carbocycles. The Kier molecular flexibility index (Phi) is 5.54. The van der Waals surface area contributed by atoms with Gasteiger partial charge in [0, 0.05) is 23.4 Å². The Balaban J connectivity index is 1.62. The number of nitrogens with one attached hydrogen (secondary N) is 1. The number of nitro benzene ring substituents is 1. The van der Waals surface area contributed by atoms with Crippen molar-refractivity contribution in [3.05, 3.63) is 75.6 Å². The van der Waals surface area contributed by atoms with Crippen LogP contribution >= 0.6 is 23.1 Å². The van der Waals surface area contributed by atoms with Crippen LogP contribution in [0.2, 0.25) is 0 Å². The summed E-state index contributed by atoms with van der Waals surface area (Å²) >= 11 is 2.54. The van der Waals surface area contributed by atoms with Crippen LogP contribution in [0.3, 0.4) is 0 Å². The maximum Gasteiger partial charge on any atom is 0.270 e. The van der Waals surface area contributed by atoms with Crippen molar-refractivity contribution in [2.45, 2.75) is 10.1 Å². The molecule has 2 aromatic carbocycles. The summed E-state index contributed by atoms with van der Waals surface area (Å²) in [7, 11) is 0. The predicted molar refractivity (Wildman–Crippen MR) is 96.9 cm³/mol. The minimum absolute atomic E-state index is 0.156. The Morgan fingerprint density at radius 3 is 2.81 bits per heavy atom. The van der Waals surface area contributed by atoms with Gasteiger partial charge in [0.05, 0.1) is 4.92 Å². The van der Waals surface area contributed by atoms with Gasteiger partial charge in [-0.15, -0.1) is 10.2 Å². The standard InChI is InChI=1S/C16H11FN4O3S2/c17-12-5-1-3-10(7-12)9-25-16-20-19-15(26-16)18-14(22)11-4-2-6-13(8-11)21(23)24/h1-8H,9H2,(H,18,19,22). The number of rotatable bonds is 6. The molecule has 0 spiro atoms. The SMILES string of the molecule is O=C(Nc1nnc(SCc2cccc(F)c2)s1)c1cccc([N+](=O)[O-])c1. The van der Waals surface area contributed by atoms with E-state index in [0.29, 0.717) is 10.1 Å². The molecule has 26 heavy (non-hydrogen) atoms. The van der Waals surface area contributed by atoms with Gasteiger partial charge >= 0.3 is 0 Å². The third-order valence-corrected chi connectivity index (χ3v) is 5.24. The van der Waals surface area contributed by atoms with Crippen molar-refractivity contribution < 1.29 is 14.1 Å². The molecule has 1 aromatic heterocycles. The summed E-state index contributed by atoms with van der Waals surface area (Å²) in [6.07, 6.45) is 0. The van der Waals surface area contributed by atoms with Crippen molar-refractivity contribution in [2.75, 3.05) is 5.32 Å². The first-order valence-electron chi connectivity index (χ1n) is 7.28. The zero-order valence-corrected chi connectivity index (χ0v) is 14.7. The van der Waals surface area contributed by atoms with E-state index in [2.05, 4.69) is 15.5 Å². The number of thioether (sulfide) groups is 1. The molecule has 0 fully saturated rings. The second kappa shape index (κ2) is 8.02. The summed E-state index contributed by atoms with van der Waals surface area (Å²) in [5.41, 5.74) is 0.803. The lowest BCUT2D eigenvalue weighted by atomic mass is 10.2. The van der Waals surface area contributed by atoms with E-state index >= 15 is 0 Å². The summed E-state index contributed by atoms with van der Waals surface area (Å²) in [5.74, 6) is -0.289. The fourth-order valence-electron chi connectivity index (χ4n) is 2.02. The average Bonchev–Trinajstić information content (AvgIpc) is 3.07. The van der Waals surface area contributed by atoms with Gasteiger partial charge in [0.15, 0.2) is 4.34 Å². The molecule has 0 saturated heterocycles. The first-order chi connectivity index (χ1) is 12.5. The van der Waals surface area contributed by atoms with Gasteiger partial charge in [-0.2, -0.15) is 0 Å². The molecule has 0 aliphatic heterocycles. The molecule has 0 aliphatic carbocycles. The van der Waals surface area contributed by atoms with Crippen LogP contribution in [0.4, 0.5) is 15.2 Å². The lowest BCUT2D eigenvalue weighted by Crippen LogP contribution is -2.11. The highest BCUT2D eigenvalue weighted by Gasteiger charge is 2.14. The first-order valence-corrected chi connectivity index (χ1v) is 9.08. The number of non-ortho nitro benzene ring substituents is 1. The minimum Gasteiger partial charge on any atom is -0.296 e. The van der Waals surface area contributed by atoms with Crippen molar-refractivity contribution in [1.82, 2.24) is 10.2 Å².